The van der Waals surface area contributed by atoms with E-state index in [1.165, 1.54) is 0 Å². The van der Waals surface area contributed by atoms with Gasteiger partial charge >= 0.3 is 0 Å². The molecule has 0 aliphatic rings. The van der Waals surface area contributed by atoms with Crippen molar-refractivity contribution in [2.24, 2.45) is 0 Å². The largest absolute Gasteiger partial charge is 0.276 e. The normalized spacial score (nSPS) is 10.0. The Labute approximate surface area is 97.8 Å². The smallest absolute Gasteiger partial charge is 0.253 e. The molecule has 12 heavy (non-hydrogen) atoms. The number of hydrogen-bond donors (Lipinski definition) is 0. The summed E-state index contributed by atoms with van der Waals surface area (Å²) in [6, 6.07) is 3.76. The lowest BCUT2D eigenvalue weighted by Gasteiger charge is -2.04. The molecule has 0 heterocycles. The first kappa shape index (κ1) is 10.5. The number of hydrogen-bond acceptors (Lipinski definition) is 1. The Hall–Kier alpha value is 0.390. The third-order valence-corrected chi connectivity index (χ3v) is 3.56. The average molecular weight is 359 g/mol. The number of halogens is 3. The van der Waals surface area contributed by atoms with Crippen molar-refractivity contribution in [3.8, 4) is 0 Å². The molecule has 0 N–H and O–H groups in total. The van der Waals surface area contributed by atoms with Crippen LogP contribution in [-0.4, -0.2) is 5.24 Å². The minimum Gasteiger partial charge on any atom is -0.276 e. The lowest BCUT2D eigenvalue weighted by atomic mass is 10.1. The lowest BCUT2D eigenvalue weighted by molar-refractivity contribution is 0.108. The molecular weight excluding hydrogens is 354 g/mol. The van der Waals surface area contributed by atoms with E-state index in [9.17, 15) is 4.79 Å². The molecule has 0 unspecified atom stereocenters. The molecule has 0 bridgehead atoms. The number of benzene rings is 1. The third-order valence-electron chi connectivity index (χ3n) is 1.54. The molecule has 64 valence electrons. The zero-order chi connectivity index (χ0) is 9.30. The lowest BCUT2D eigenvalue weighted by Crippen LogP contribution is -1.97. The number of carbonyl (C=O) groups excluding carboxylic acids is 1. The van der Waals surface area contributed by atoms with Crippen LogP contribution in [0.5, 0.6) is 0 Å². The second-order valence-electron chi connectivity index (χ2n) is 2.30. The second kappa shape index (κ2) is 4.07. The Morgan fingerprint density at radius 1 is 1.58 bits per heavy atom. The maximum atomic E-state index is 11.0. The van der Waals surface area contributed by atoms with Crippen LogP contribution < -0.4 is 0 Å². The molecule has 4 heteroatoms. The first-order chi connectivity index (χ1) is 5.54. The quantitative estimate of drug-likeness (QED) is 0.551. The van der Waals surface area contributed by atoms with Crippen molar-refractivity contribution in [2.75, 3.05) is 0 Å². The van der Waals surface area contributed by atoms with Crippen LogP contribution in [0.25, 0.3) is 0 Å². The van der Waals surface area contributed by atoms with Gasteiger partial charge in [-0.25, -0.2) is 0 Å². The molecule has 0 fully saturated rings. The predicted octanol–water partition coefficient (Wildman–Crippen LogP) is 3.74. The molecular formula is C8H5BrClIO. The van der Waals surface area contributed by atoms with Gasteiger partial charge in [0.15, 0.2) is 0 Å². The molecule has 0 amide bonds. The first-order valence-electron chi connectivity index (χ1n) is 3.18. The fourth-order valence-corrected chi connectivity index (χ4v) is 2.31. The molecule has 0 aromatic heterocycles. The van der Waals surface area contributed by atoms with E-state index in [2.05, 4.69) is 38.5 Å². The van der Waals surface area contributed by atoms with Gasteiger partial charge in [0.2, 0.25) is 0 Å². The van der Waals surface area contributed by atoms with Gasteiger partial charge in [0, 0.05) is 8.04 Å². The van der Waals surface area contributed by atoms with E-state index >= 15 is 0 Å². The highest BCUT2D eigenvalue weighted by Crippen LogP contribution is 2.25. The Morgan fingerprint density at radius 2 is 2.17 bits per heavy atom. The van der Waals surface area contributed by atoms with Gasteiger partial charge in [-0.15, -0.1) is 0 Å². The molecule has 1 nitrogen and oxygen atoms in total. The zero-order valence-electron chi connectivity index (χ0n) is 6.20. The van der Waals surface area contributed by atoms with Crippen LogP contribution in [0.4, 0.5) is 0 Å². The Balaban J connectivity index is 3.43. The van der Waals surface area contributed by atoms with Crippen molar-refractivity contribution in [1.29, 1.82) is 0 Å². The van der Waals surface area contributed by atoms with Crippen molar-refractivity contribution in [3.05, 3.63) is 31.3 Å². The maximum Gasteiger partial charge on any atom is 0.253 e. The van der Waals surface area contributed by atoms with Crippen LogP contribution in [0.2, 0.25) is 0 Å². The minimum atomic E-state index is -0.419. The summed E-state index contributed by atoms with van der Waals surface area (Å²) in [5.74, 6) is 0. The molecule has 1 aromatic rings. The van der Waals surface area contributed by atoms with Crippen molar-refractivity contribution in [1.82, 2.24) is 0 Å². The van der Waals surface area contributed by atoms with E-state index in [4.69, 9.17) is 11.6 Å². The summed E-state index contributed by atoms with van der Waals surface area (Å²) < 4.78 is 1.79. The predicted molar refractivity (Wildman–Crippen MR) is 61.8 cm³/mol. The Kier molecular flexibility index (Phi) is 3.55. The van der Waals surface area contributed by atoms with Crippen LogP contribution in [0.1, 0.15) is 15.9 Å². The number of rotatable bonds is 1. The molecule has 1 aromatic carbocycles. The fourth-order valence-electron chi connectivity index (χ4n) is 0.894. The minimum absolute atomic E-state index is 0.419. The van der Waals surface area contributed by atoms with Gasteiger partial charge in [-0.1, -0.05) is 0 Å². The maximum absolute atomic E-state index is 11.0. The van der Waals surface area contributed by atoms with E-state index in [-0.39, 0.29) is 0 Å². The third kappa shape index (κ3) is 2.00. The van der Waals surface area contributed by atoms with Gasteiger partial charge in [-0.2, -0.15) is 0 Å². The van der Waals surface area contributed by atoms with Crippen LogP contribution in [0.3, 0.4) is 0 Å². The number of carbonyl (C=O) groups is 1. The summed E-state index contributed by atoms with van der Waals surface area (Å²) in [5, 5.41) is -0.419. The molecule has 0 radical (unpaired) electrons. The molecule has 0 aliphatic carbocycles. The van der Waals surface area contributed by atoms with Crippen molar-refractivity contribution < 1.29 is 4.79 Å². The van der Waals surface area contributed by atoms with Gasteiger partial charge in [-0.3, -0.25) is 4.79 Å². The highest BCUT2D eigenvalue weighted by Gasteiger charge is 2.12. The van der Waals surface area contributed by atoms with Gasteiger partial charge in [0.05, 0.1) is 5.56 Å². The molecule has 0 atom stereocenters. The molecule has 1 rings (SSSR count). The van der Waals surface area contributed by atoms with Gasteiger partial charge in [0.1, 0.15) is 0 Å². The van der Waals surface area contributed by atoms with E-state index in [0.29, 0.717) is 5.56 Å². The molecule has 0 spiro atoms. The average Bonchev–Trinajstić information content (AvgIpc) is 1.97. The standard InChI is InChI=1S/C8H5BrClIO/c1-4-6(11)3-2-5(9)7(4)8(10)12/h2-3H,1H3. The van der Waals surface area contributed by atoms with E-state index in [1.54, 1.807) is 0 Å². The van der Waals surface area contributed by atoms with Gasteiger partial charge < -0.3 is 0 Å². The molecule has 0 saturated heterocycles. The van der Waals surface area contributed by atoms with Crippen molar-refractivity contribution in [3.63, 3.8) is 0 Å². The zero-order valence-corrected chi connectivity index (χ0v) is 10.7. The SMILES string of the molecule is Cc1c(I)ccc(Br)c1C(=O)Cl. The summed E-state index contributed by atoms with van der Waals surface area (Å²) in [6.07, 6.45) is 0. The summed E-state index contributed by atoms with van der Waals surface area (Å²) in [4.78, 5) is 11.0. The van der Waals surface area contributed by atoms with Crippen molar-refractivity contribution >= 4 is 55.4 Å². The fraction of sp³-hybridized carbons (Fsp3) is 0.125. The van der Waals surface area contributed by atoms with Gasteiger partial charge in [0.25, 0.3) is 5.24 Å². The van der Waals surface area contributed by atoms with Crippen LogP contribution in [0.15, 0.2) is 16.6 Å². The summed E-state index contributed by atoms with van der Waals surface area (Å²) >= 11 is 10.9. The summed E-state index contributed by atoms with van der Waals surface area (Å²) in [6.45, 7) is 1.88. The van der Waals surface area contributed by atoms with E-state index in [0.717, 1.165) is 13.6 Å². The molecule has 0 aliphatic heterocycles. The summed E-state index contributed by atoms with van der Waals surface area (Å²) in [5.41, 5.74) is 1.48. The van der Waals surface area contributed by atoms with E-state index in [1.807, 2.05) is 19.1 Å². The monoisotopic (exact) mass is 358 g/mol. The van der Waals surface area contributed by atoms with E-state index < -0.39 is 5.24 Å². The topological polar surface area (TPSA) is 17.1 Å². The Morgan fingerprint density at radius 3 is 2.58 bits per heavy atom. The first-order valence-corrected chi connectivity index (χ1v) is 5.43. The Bertz CT molecular complexity index is 338. The van der Waals surface area contributed by atoms with Gasteiger partial charge in [-0.05, 0) is 74.7 Å². The van der Waals surface area contributed by atoms with Crippen molar-refractivity contribution in [2.45, 2.75) is 6.92 Å². The highest BCUT2D eigenvalue weighted by atomic mass is 127. The second-order valence-corrected chi connectivity index (χ2v) is 4.66. The highest BCUT2D eigenvalue weighted by molar-refractivity contribution is 14.1. The van der Waals surface area contributed by atoms with Crippen LogP contribution in [0, 0.1) is 10.5 Å². The molecule has 0 saturated carbocycles. The summed E-state index contributed by atoms with van der Waals surface area (Å²) in [7, 11) is 0. The van der Waals surface area contributed by atoms with Crippen LogP contribution >= 0.6 is 50.1 Å². The van der Waals surface area contributed by atoms with Crippen LogP contribution in [-0.2, 0) is 0 Å².